The molecule has 0 saturated carbocycles. The molecule has 0 saturated heterocycles. The molecular formula is C24H21FN4O4. The average molecular weight is 448 g/mol. The number of furan rings is 1. The molecule has 168 valence electrons. The van der Waals surface area contributed by atoms with Crippen LogP contribution in [0.2, 0.25) is 0 Å². The maximum atomic E-state index is 13.9. The number of aromatic nitrogens is 2. The fraction of sp³-hybridized carbons (Fsp3) is 0.167. The number of benzene rings is 2. The van der Waals surface area contributed by atoms with Crippen LogP contribution >= 0.6 is 0 Å². The SMILES string of the molecule is COc1ccc2oc(C(=O)NCCc3nc(C)ncc3C(=O)Nc3ccccc3F)cc2c1. The molecule has 0 aliphatic rings. The van der Waals surface area contributed by atoms with Gasteiger partial charge in [-0.2, -0.15) is 0 Å². The van der Waals surface area contributed by atoms with E-state index in [-0.39, 0.29) is 30.0 Å². The molecule has 9 heteroatoms. The number of fused-ring (bicyclic) bond motifs is 1. The highest BCUT2D eigenvalue weighted by atomic mass is 19.1. The van der Waals surface area contributed by atoms with Crippen LogP contribution < -0.4 is 15.4 Å². The number of para-hydroxylation sites is 1. The summed E-state index contributed by atoms with van der Waals surface area (Å²) in [5, 5.41) is 6.04. The normalized spacial score (nSPS) is 10.8. The summed E-state index contributed by atoms with van der Waals surface area (Å²) < 4.78 is 24.7. The van der Waals surface area contributed by atoms with E-state index in [4.69, 9.17) is 9.15 Å². The summed E-state index contributed by atoms with van der Waals surface area (Å²) >= 11 is 0. The Labute approximate surface area is 188 Å². The molecule has 0 unspecified atom stereocenters. The van der Waals surface area contributed by atoms with Crippen LogP contribution in [0.25, 0.3) is 11.0 Å². The van der Waals surface area contributed by atoms with Crippen molar-refractivity contribution in [3.8, 4) is 5.75 Å². The average Bonchev–Trinajstić information content (AvgIpc) is 3.24. The van der Waals surface area contributed by atoms with Crippen molar-refractivity contribution in [2.45, 2.75) is 13.3 Å². The third kappa shape index (κ3) is 4.98. The Morgan fingerprint density at radius 1 is 1.12 bits per heavy atom. The molecule has 4 rings (SSSR count). The van der Waals surface area contributed by atoms with Crippen LogP contribution in [-0.2, 0) is 6.42 Å². The molecule has 0 bridgehead atoms. The maximum absolute atomic E-state index is 13.9. The molecule has 33 heavy (non-hydrogen) atoms. The monoisotopic (exact) mass is 448 g/mol. The predicted octanol–water partition coefficient (Wildman–Crippen LogP) is 3.90. The first-order chi connectivity index (χ1) is 15.9. The van der Waals surface area contributed by atoms with E-state index in [0.29, 0.717) is 22.9 Å². The fourth-order valence-electron chi connectivity index (χ4n) is 3.29. The number of methoxy groups -OCH3 is 1. The van der Waals surface area contributed by atoms with E-state index in [0.717, 1.165) is 5.39 Å². The number of aryl methyl sites for hydroxylation is 1. The second-order valence-corrected chi connectivity index (χ2v) is 7.23. The zero-order valence-electron chi connectivity index (χ0n) is 18.0. The molecule has 0 aliphatic carbocycles. The van der Waals surface area contributed by atoms with Gasteiger partial charge in [0.15, 0.2) is 5.76 Å². The number of carbonyl (C=O) groups excluding carboxylic acids is 2. The van der Waals surface area contributed by atoms with Gasteiger partial charge >= 0.3 is 0 Å². The topological polar surface area (TPSA) is 106 Å². The lowest BCUT2D eigenvalue weighted by Gasteiger charge is -2.11. The molecule has 0 atom stereocenters. The highest BCUT2D eigenvalue weighted by Crippen LogP contribution is 2.24. The number of rotatable bonds is 7. The van der Waals surface area contributed by atoms with E-state index in [9.17, 15) is 14.0 Å². The number of amides is 2. The Hall–Kier alpha value is -4.27. The fourth-order valence-corrected chi connectivity index (χ4v) is 3.29. The number of ether oxygens (including phenoxy) is 1. The van der Waals surface area contributed by atoms with Gasteiger partial charge in [0.25, 0.3) is 11.8 Å². The van der Waals surface area contributed by atoms with Gasteiger partial charge in [0.05, 0.1) is 24.1 Å². The summed E-state index contributed by atoms with van der Waals surface area (Å²) in [5.74, 6) is -0.174. The third-order valence-corrected chi connectivity index (χ3v) is 4.95. The van der Waals surface area contributed by atoms with Gasteiger partial charge in [-0.25, -0.2) is 14.4 Å². The van der Waals surface area contributed by atoms with Gasteiger partial charge < -0.3 is 19.8 Å². The van der Waals surface area contributed by atoms with Gasteiger partial charge in [-0.05, 0) is 43.3 Å². The van der Waals surface area contributed by atoms with E-state index in [1.165, 1.54) is 24.4 Å². The Morgan fingerprint density at radius 2 is 1.94 bits per heavy atom. The van der Waals surface area contributed by atoms with Gasteiger partial charge in [-0.1, -0.05) is 12.1 Å². The van der Waals surface area contributed by atoms with Crippen molar-refractivity contribution in [3.05, 3.63) is 83.4 Å². The van der Waals surface area contributed by atoms with Gasteiger partial charge in [-0.3, -0.25) is 9.59 Å². The molecule has 2 aromatic heterocycles. The second-order valence-electron chi connectivity index (χ2n) is 7.23. The highest BCUT2D eigenvalue weighted by Gasteiger charge is 2.17. The van der Waals surface area contributed by atoms with Gasteiger partial charge in [0.1, 0.15) is 23.0 Å². The van der Waals surface area contributed by atoms with Crippen LogP contribution in [0.3, 0.4) is 0 Å². The highest BCUT2D eigenvalue weighted by molar-refractivity contribution is 6.05. The number of carbonyl (C=O) groups is 2. The second kappa shape index (κ2) is 9.47. The molecule has 0 fully saturated rings. The van der Waals surface area contributed by atoms with Crippen molar-refractivity contribution in [2.75, 3.05) is 19.0 Å². The third-order valence-electron chi connectivity index (χ3n) is 4.95. The molecule has 0 aliphatic heterocycles. The van der Waals surface area contributed by atoms with Gasteiger partial charge in [0.2, 0.25) is 0 Å². The van der Waals surface area contributed by atoms with Gasteiger partial charge in [0, 0.05) is 24.5 Å². The first kappa shape index (κ1) is 21.9. The van der Waals surface area contributed by atoms with E-state index >= 15 is 0 Å². The van der Waals surface area contributed by atoms with Crippen LogP contribution in [0.15, 0.2) is 59.1 Å². The van der Waals surface area contributed by atoms with Crippen molar-refractivity contribution >= 4 is 28.5 Å². The first-order valence-electron chi connectivity index (χ1n) is 10.2. The summed E-state index contributed by atoms with van der Waals surface area (Å²) in [6.07, 6.45) is 1.66. The summed E-state index contributed by atoms with van der Waals surface area (Å²) in [6, 6.07) is 12.8. The Bertz CT molecular complexity index is 1340. The van der Waals surface area contributed by atoms with E-state index in [2.05, 4.69) is 20.6 Å². The number of halogens is 1. The lowest BCUT2D eigenvalue weighted by atomic mass is 10.1. The summed E-state index contributed by atoms with van der Waals surface area (Å²) in [4.78, 5) is 33.6. The van der Waals surface area contributed by atoms with Crippen molar-refractivity contribution in [1.29, 1.82) is 0 Å². The minimum absolute atomic E-state index is 0.0591. The predicted molar refractivity (Wildman–Crippen MR) is 120 cm³/mol. The summed E-state index contributed by atoms with van der Waals surface area (Å²) in [6.45, 7) is 1.90. The first-order valence-corrected chi connectivity index (χ1v) is 10.2. The van der Waals surface area contributed by atoms with Crippen molar-refractivity contribution in [1.82, 2.24) is 15.3 Å². The number of hydrogen-bond donors (Lipinski definition) is 2. The number of nitrogens with zero attached hydrogens (tertiary/aromatic N) is 2. The van der Waals surface area contributed by atoms with E-state index in [1.54, 1.807) is 44.4 Å². The van der Waals surface area contributed by atoms with Crippen LogP contribution in [0.1, 0.15) is 32.4 Å². The number of nitrogens with one attached hydrogen (secondary N) is 2. The molecule has 0 radical (unpaired) electrons. The summed E-state index contributed by atoms with van der Waals surface area (Å²) in [7, 11) is 1.56. The van der Waals surface area contributed by atoms with Crippen LogP contribution in [0.5, 0.6) is 5.75 Å². The molecule has 0 spiro atoms. The zero-order valence-corrected chi connectivity index (χ0v) is 18.0. The lowest BCUT2D eigenvalue weighted by molar-refractivity contribution is 0.0928. The maximum Gasteiger partial charge on any atom is 0.287 e. The molecule has 2 aromatic carbocycles. The van der Waals surface area contributed by atoms with E-state index in [1.807, 2.05) is 0 Å². The standard InChI is InChI=1S/C24H21FN4O4/c1-14-27-13-17(23(30)29-20-6-4-3-5-18(20)25)19(28-14)9-10-26-24(31)22-12-15-11-16(32-2)7-8-21(15)33-22/h3-8,11-13H,9-10H2,1-2H3,(H,26,31)(H,29,30). The molecule has 4 aromatic rings. The van der Waals surface area contributed by atoms with Crippen molar-refractivity contribution in [2.24, 2.45) is 0 Å². The van der Waals surface area contributed by atoms with Crippen molar-refractivity contribution < 1.29 is 23.1 Å². The largest absolute Gasteiger partial charge is 0.497 e. The minimum Gasteiger partial charge on any atom is -0.497 e. The number of hydrogen-bond acceptors (Lipinski definition) is 6. The molecular weight excluding hydrogens is 427 g/mol. The molecule has 2 heterocycles. The Kier molecular flexibility index (Phi) is 6.30. The molecule has 2 N–H and O–H groups in total. The van der Waals surface area contributed by atoms with Crippen LogP contribution in [0, 0.1) is 12.7 Å². The Morgan fingerprint density at radius 3 is 2.73 bits per heavy atom. The molecule has 2 amide bonds. The lowest BCUT2D eigenvalue weighted by Crippen LogP contribution is -2.26. The minimum atomic E-state index is -0.545. The zero-order chi connectivity index (χ0) is 23.4. The van der Waals surface area contributed by atoms with Crippen LogP contribution in [-0.4, -0.2) is 35.4 Å². The summed E-state index contributed by atoms with van der Waals surface area (Å²) in [5.41, 5.74) is 1.27. The number of anilines is 1. The van der Waals surface area contributed by atoms with Gasteiger partial charge in [-0.15, -0.1) is 0 Å². The molecule has 8 nitrogen and oxygen atoms in total. The van der Waals surface area contributed by atoms with Crippen molar-refractivity contribution in [3.63, 3.8) is 0 Å². The Balaban J connectivity index is 1.44. The smallest absolute Gasteiger partial charge is 0.287 e. The van der Waals surface area contributed by atoms with E-state index < -0.39 is 17.6 Å². The quantitative estimate of drug-likeness (QED) is 0.444. The van der Waals surface area contributed by atoms with Crippen LogP contribution in [0.4, 0.5) is 10.1 Å².